The number of amides is 1. The summed E-state index contributed by atoms with van der Waals surface area (Å²) in [5.41, 5.74) is -0.863. The summed E-state index contributed by atoms with van der Waals surface area (Å²) in [4.78, 5) is 23.9. The van der Waals surface area contributed by atoms with E-state index in [1.807, 2.05) is 0 Å². The maximum Gasteiger partial charge on any atom is 0.347 e. The van der Waals surface area contributed by atoms with E-state index in [-0.39, 0.29) is 0 Å². The molecule has 7 heteroatoms. The van der Waals surface area contributed by atoms with E-state index in [1.54, 1.807) is 0 Å². The third-order valence-corrected chi connectivity index (χ3v) is 4.10. The number of carbonyl (C=O) groups is 2. The van der Waals surface area contributed by atoms with Crippen molar-refractivity contribution < 1.29 is 23.5 Å². The Morgan fingerprint density at radius 1 is 1.28 bits per heavy atom. The number of nitrogens with zero attached hydrogens (tertiary/aromatic N) is 1. The van der Waals surface area contributed by atoms with Crippen molar-refractivity contribution in [1.82, 2.24) is 5.32 Å². The fourth-order valence-electron chi connectivity index (χ4n) is 2.74. The molecule has 6 nitrogen and oxygen atoms in total. The number of halogens is 1. The van der Waals surface area contributed by atoms with Gasteiger partial charge in [-0.3, -0.25) is 4.79 Å². The zero-order valence-corrected chi connectivity index (χ0v) is 14.1. The largest absolute Gasteiger partial charge is 0.479 e. The number of hydrogen-bond acceptors (Lipinski definition) is 5. The van der Waals surface area contributed by atoms with Crippen molar-refractivity contribution >= 4 is 11.9 Å². The fraction of sp³-hybridized carbons (Fsp3) is 0.500. The normalized spacial score (nSPS) is 17.0. The lowest BCUT2D eigenvalue weighted by Crippen LogP contribution is -2.50. The van der Waals surface area contributed by atoms with Crippen molar-refractivity contribution in [3.63, 3.8) is 0 Å². The molecule has 2 rings (SSSR count). The van der Waals surface area contributed by atoms with Gasteiger partial charge in [0.25, 0.3) is 5.91 Å². The van der Waals surface area contributed by atoms with Crippen LogP contribution in [0.25, 0.3) is 0 Å². The number of hydrogen-bond donors (Lipinski definition) is 1. The van der Waals surface area contributed by atoms with Crippen molar-refractivity contribution in [3.05, 3.63) is 30.1 Å². The minimum absolute atomic E-state index is 0.320. The molecule has 0 aliphatic heterocycles. The van der Waals surface area contributed by atoms with Gasteiger partial charge in [-0.25, -0.2) is 9.18 Å². The molecule has 1 saturated carbocycles. The van der Waals surface area contributed by atoms with Crippen LogP contribution >= 0.6 is 0 Å². The number of nitrogens with one attached hydrogen (secondary N) is 1. The van der Waals surface area contributed by atoms with Crippen molar-refractivity contribution in [2.75, 3.05) is 6.61 Å². The lowest BCUT2D eigenvalue weighted by Gasteiger charge is -2.31. The maximum absolute atomic E-state index is 12.8. The Morgan fingerprint density at radius 2 is 1.92 bits per heavy atom. The van der Waals surface area contributed by atoms with Crippen LogP contribution in [0.5, 0.6) is 5.75 Å². The zero-order valence-electron chi connectivity index (χ0n) is 14.1. The van der Waals surface area contributed by atoms with Gasteiger partial charge in [0, 0.05) is 0 Å². The van der Waals surface area contributed by atoms with Gasteiger partial charge in [-0.05, 0) is 44.0 Å². The quantitative estimate of drug-likeness (QED) is 0.798. The van der Waals surface area contributed by atoms with E-state index in [1.165, 1.54) is 31.2 Å². The van der Waals surface area contributed by atoms with Crippen LogP contribution in [0.4, 0.5) is 4.39 Å². The lowest BCUT2D eigenvalue weighted by atomic mass is 9.83. The second-order valence-corrected chi connectivity index (χ2v) is 6.12. The number of nitriles is 1. The summed E-state index contributed by atoms with van der Waals surface area (Å²) in [6.45, 7) is 1.00. The summed E-state index contributed by atoms with van der Waals surface area (Å²) < 4.78 is 23.1. The Kier molecular flexibility index (Phi) is 6.34. The highest BCUT2D eigenvalue weighted by atomic mass is 19.1. The summed E-state index contributed by atoms with van der Waals surface area (Å²) in [5, 5.41) is 12.0. The van der Waals surface area contributed by atoms with Gasteiger partial charge in [0.2, 0.25) is 0 Å². The molecule has 0 saturated heterocycles. The summed E-state index contributed by atoms with van der Waals surface area (Å²) in [7, 11) is 0. The topological polar surface area (TPSA) is 88.4 Å². The monoisotopic (exact) mass is 348 g/mol. The van der Waals surface area contributed by atoms with Crippen LogP contribution in [0.15, 0.2) is 24.3 Å². The van der Waals surface area contributed by atoms with Crippen molar-refractivity contribution in [3.8, 4) is 11.8 Å². The van der Waals surface area contributed by atoms with Gasteiger partial charge < -0.3 is 14.8 Å². The molecular weight excluding hydrogens is 327 g/mol. The van der Waals surface area contributed by atoms with Gasteiger partial charge in [-0.2, -0.15) is 5.26 Å². The molecule has 0 radical (unpaired) electrons. The highest BCUT2D eigenvalue weighted by Gasteiger charge is 2.33. The van der Waals surface area contributed by atoms with Gasteiger partial charge in [0.15, 0.2) is 12.7 Å². The number of ether oxygens (including phenoxy) is 2. The van der Waals surface area contributed by atoms with Gasteiger partial charge in [0.05, 0.1) is 6.07 Å². The Hall–Kier alpha value is -2.62. The fourth-order valence-corrected chi connectivity index (χ4v) is 2.74. The molecule has 1 aromatic rings. The van der Waals surface area contributed by atoms with Crippen molar-refractivity contribution in [1.29, 1.82) is 5.26 Å². The second kappa shape index (κ2) is 8.47. The van der Waals surface area contributed by atoms with Crippen molar-refractivity contribution in [2.24, 2.45) is 0 Å². The van der Waals surface area contributed by atoms with Crippen LogP contribution < -0.4 is 10.1 Å². The summed E-state index contributed by atoms with van der Waals surface area (Å²) in [5.74, 6) is -1.31. The van der Waals surface area contributed by atoms with Crippen LogP contribution in [0, 0.1) is 17.1 Å². The van der Waals surface area contributed by atoms with E-state index in [0.717, 1.165) is 19.3 Å². The predicted molar refractivity (Wildman–Crippen MR) is 87.0 cm³/mol. The van der Waals surface area contributed by atoms with E-state index in [2.05, 4.69) is 11.4 Å². The number of esters is 1. The average molecular weight is 348 g/mol. The Balaban J connectivity index is 1.79. The molecule has 1 aromatic carbocycles. The molecular formula is C18H21FN2O4. The SMILES string of the molecule is C[C@H](Oc1ccc(F)cc1)C(=O)OCC(=O)NC1(C#N)CCCCC1. The minimum Gasteiger partial charge on any atom is -0.479 e. The van der Waals surface area contributed by atoms with E-state index in [0.29, 0.717) is 18.6 Å². The lowest BCUT2D eigenvalue weighted by molar-refractivity contribution is -0.155. The van der Waals surface area contributed by atoms with Gasteiger partial charge >= 0.3 is 5.97 Å². The summed E-state index contributed by atoms with van der Waals surface area (Å²) >= 11 is 0. The molecule has 0 spiro atoms. The smallest absolute Gasteiger partial charge is 0.347 e. The molecule has 1 fully saturated rings. The molecule has 0 unspecified atom stereocenters. The molecule has 1 N–H and O–H groups in total. The minimum atomic E-state index is -0.946. The number of benzene rings is 1. The van der Waals surface area contributed by atoms with Crippen LogP contribution in [0.3, 0.4) is 0 Å². The van der Waals surface area contributed by atoms with Gasteiger partial charge in [0.1, 0.15) is 17.1 Å². The summed E-state index contributed by atoms with van der Waals surface area (Å²) in [6, 6.07) is 7.39. The first-order valence-corrected chi connectivity index (χ1v) is 8.25. The molecule has 1 aliphatic carbocycles. The Labute approximate surface area is 145 Å². The first-order chi connectivity index (χ1) is 11.9. The third kappa shape index (κ3) is 5.45. The molecule has 1 aliphatic rings. The van der Waals surface area contributed by atoms with E-state index in [9.17, 15) is 19.2 Å². The van der Waals surface area contributed by atoms with E-state index in [4.69, 9.17) is 9.47 Å². The summed E-state index contributed by atoms with van der Waals surface area (Å²) in [6.07, 6.45) is 3.08. The molecule has 0 heterocycles. The van der Waals surface area contributed by atoms with Crippen LogP contribution in [-0.2, 0) is 14.3 Å². The number of carbonyl (C=O) groups excluding carboxylic acids is 2. The van der Waals surface area contributed by atoms with Crippen LogP contribution in [-0.4, -0.2) is 30.1 Å². The standard InChI is InChI=1S/C18H21FN2O4/c1-13(25-15-7-5-14(19)6-8-15)17(23)24-11-16(22)21-18(12-20)9-3-2-4-10-18/h5-8,13H,2-4,9-11H2,1H3,(H,21,22)/t13-/m0/s1. The molecule has 0 bridgehead atoms. The predicted octanol–water partition coefficient (Wildman–Crippen LogP) is 2.48. The Bertz CT molecular complexity index is 648. The number of rotatable bonds is 6. The first-order valence-electron chi connectivity index (χ1n) is 8.25. The third-order valence-electron chi connectivity index (χ3n) is 4.10. The van der Waals surface area contributed by atoms with E-state index >= 15 is 0 Å². The molecule has 25 heavy (non-hydrogen) atoms. The van der Waals surface area contributed by atoms with Crippen molar-refractivity contribution in [2.45, 2.75) is 50.7 Å². The molecule has 1 amide bonds. The molecule has 1 atom stereocenters. The first kappa shape index (κ1) is 18.7. The average Bonchev–Trinajstić information content (AvgIpc) is 2.62. The highest BCUT2D eigenvalue weighted by molar-refractivity contribution is 5.82. The molecule has 134 valence electrons. The van der Waals surface area contributed by atoms with Gasteiger partial charge in [-0.15, -0.1) is 0 Å². The highest BCUT2D eigenvalue weighted by Crippen LogP contribution is 2.27. The Morgan fingerprint density at radius 3 is 2.52 bits per heavy atom. The molecule has 0 aromatic heterocycles. The van der Waals surface area contributed by atoms with E-state index < -0.39 is 35.9 Å². The maximum atomic E-state index is 12.8. The van der Waals surface area contributed by atoms with Crippen LogP contribution in [0.2, 0.25) is 0 Å². The second-order valence-electron chi connectivity index (χ2n) is 6.12. The zero-order chi connectivity index (χ0) is 18.3. The van der Waals surface area contributed by atoms with Crippen LogP contribution in [0.1, 0.15) is 39.0 Å². The van der Waals surface area contributed by atoms with Gasteiger partial charge in [-0.1, -0.05) is 19.3 Å².